The van der Waals surface area contributed by atoms with Gasteiger partial charge in [-0.05, 0) is 79.7 Å². The second kappa shape index (κ2) is 12.9. The SMILES string of the molecule is N/C(=N\C(=N/Cc1ccc(-c2ccc3ccccc3c2)cc1)c1ccc2ccccc2c1)c1cc(-c2ccccc2)cc2oc3ccccc3c12. The summed E-state index contributed by atoms with van der Waals surface area (Å²) in [4.78, 5) is 10.2. The molecular weight excluding hydrogens is 623 g/mol. The monoisotopic (exact) mass is 655 g/mol. The molecule has 2 N–H and O–H groups in total. The van der Waals surface area contributed by atoms with Crippen molar-refractivity contribution in [2.45, 2.75) is 6.54 Å². The third-order valence-corrected chi connectivity index (χ3v) is 9.54. The number of rotatable bonds is 6. The van der Waals surface area contributed by atoms with E-state index in [0.29, 0.717) is 18.2 Å². The molecule has 4 heteroatoms. The quantitative estimate of drug-likeness (QED) is 0.143. The Balaban J connectivity index is 1.14. The molecule has 0 aliphatic rings. The van der Waals surface area contributed by atoms with Crippen LogP contribution in [0.3, 0.4) is 0 Å². The smallest absolute Gasteiger partial charge is 0.157 e. The lowest BCUT2D eigenvalue weighted by Gasteiger charge is -2.10. The van der Waals surface area contributed by atoms with E-state index >= 15 is 0 Å². The zero-order chi connectivity index (χ0) is 34.1. The molecule has 9 rings (SSSR count). The van der Waals surface area contributed by atoms with Crippen LogP contribution in [0.15, 0.2) is 190 Å². The van der Waals surface area contributed by atoms with E-state index in [1.165, 1.54) is 21.9 Å². The van der Waals surface area contributed by atoms with E-state index in [1.54, 1.807) is 0 Å². The molecule has 1 aromatic heterocycles. The van der Waals surface area contributed by atoms with Crippen molar-refractivity contribution in [3.8, 4) is 22.3 Å². The van der Waals surface area contributed by atoms with Crippen molar-refractivity contribution in [1.29, 1.82) is 0 Å². The first-order valence-corrected chi connectivity index (χ1v) is 17.1. The highest BCUT2D eigenvalue weighted by molar-refractivity contribution is 6.21. The molecule has 51 heavy (non-hydrogen) atoms. The van der Waals surface area contributed by atoms with E-state index in [0.717, 1.165) is 60.5 Å². The number of benzene rings is 8. The molecule has 0 atom stereocenters. The van der Waals surface area contributed by atoms with Crippen molar-refractivity contribution in [1.82, 2.24) is 0 Å². The van der Waals surface area contributed by atoms with E-state index in [1.807, 2.05) is 42.5 Å². The van der Waals surface area contributed by atoms with E-state index in [4.69, 9.17) is 20.1 Å². The Labute approximate surface area is 295 Å². The van der Waals surface area contributed by atoms with Gasteiger partial charge in [-0.2, -0.15) is 0 Å². The second-order valence-corrected chi connectivity index (χ2v) is 12.8. The van der Waals surface area contributed by atoms with Gasteiger partial charge in [0.2, 0.25) is 0 Å². The number of fused-ring (bicyclic) bond motifs is 5. The Morgan fingerprint density at radius 3 is 1.90 bits per heavy atom. The standard InChI is InChI=1S/C47H33N3O/c48-46(42-28-40(32-10-2-1-3-11-32)29-44-45(42)41-16-8-9-17-43(41)51-44)50-47(39-25-23-34-13-5-7-15-37(34)27-39)49-30-31-18-20-35(21-19-31)38-24-22-33-12-4-6-14-36(33)26-38/h1-29H,30H2,(H2,48,49,50). The van der Waals surface area contributed by atoms with Crippen LogP contribution in [0.5, 0.6) is 0 Å². The first-order valence-electron chi connectivity index (χ1n) is 17.1. The molecule has 0 unspecified atom stereocenters. The van der Waals surface area contributed by atoms with Crippen molar-refractivity contribution in [2.75, 3.05) is 0 Å². The van der Waals surface area contributed by atoms with Gasteiger partial charge in [0, 0.05) is 21.9 Å². The number of furan rings is 1. The molecule has 0 fully saturated rings. The van der Waals surface area contributed by atoms with Gasteiger partial charge in [-0.25, -0.2) is 4.99 Å². The van der Waals surface area contributed by atoms with E-state index in [-0.39, 0.29) is 0 Å². The molecule has 0 spiro atoms. The number of amidine groups is 2. The molecule has 9 aromatic rings. The summed E-state index contributed by atoms with van der Waals surface area (Å²) in [5.41, 5.74) is 15.8. The molecule has 0 aliphatic heterocycles. The predicted molar refractivity (Wildman–Crippen MR) is 213 cm³/mol. The molecule has 4 nitrogen and oxygen atoms in total. The molecule has 1 heterocycles. The van der Waals surface area contributed by atoms with Crippen LogP contribution >= 0.6 is 0 Å². The molecule has 242 valence electrons. The fraction of sp³-hybridized carbons (Fsp3) is 0.0213. The minimum atomic E-state index is 0.378. The Hall–Kier alpha value is -6.78. The minimum Gasteiger partial charge on any atom is -0.456 e. The largest absolute Gasteiger partial charge is 0.456 e. The zero-order valence-corrected chi connectivity index (χ0v) is 27.8. The van der Waals surface area contributed by atoms with Crippen molar-refractivity contribution < 1.29 is 4.42 Å². The minimum absolute atomic E-state index is 0.378. The van der Waals surface area contributed by atoms with Gasteiger partial charge in [0.25, 0.3) is 0 Å². The van der Waals surface area contributed by atoms with Gasteiger partial charge in [-0.1, -0.05) is 146 Å². The summed E-state index contributed by atoms with van der Waals surface area (Å²) in [6.07, 6.45) is 0. The lowest BCUT2D eigenvalue weighted by Crippen LogP contribution is -2.17. The molecule has 0 saturated heterocycles. The Kier molecular flexibility index (Phi) is 7.67. The summed E-state index contributed by atoms with van der Waals surface area (Å²) in [5.74, 6) is 0.950. The van der Waals surface area contributed by atoms with Gasteiger partial charge in [0.05, 0.1) is 6.54 Å². The van der Waals surface area contributed by atoms with Crippen LogP contribution in [0.2, 0.25) is 0 Å². The third-order valence-electron chi connectivity index (χ3n) is 9.54. The van der Waals surface area contributed by atoms with Crippen LogP contribution in [-0.2, 0) is 6.54 Å². The first kappa shape index (κ1) is 30.3. The number of aliphatic imine (C=N–C) groups is 2. The van der Waals surface area contributed by atoms with Gasteiger partial charge >= 0.3 is 0 Å². The summed E-state index contributed by atoms with van der Waals surface area (Å²) >= 11 is 0. The summed E-state index contributed by atoms with van der Waals surface area (Å²) in [7, 11) is 0. The topological polar surface area (TPSA) is 63.9 Å². The summed E-state index contributed by atoms with van der Waals surface area (Å²) in [6.45, 7) is 0.449. The average Bonchev–Trinajstić information content (AvgIpc) is 3.58. The van der Waals surface area contributed by atoms with E-state index < -0.39 is 0 Å². The fourth-order valence-corrected chi connectivity index (χ4v) is 6.89. The first-order chi connectivity index (χ1) is 25.2. The number of hydrogen-bond donors (Lipinski definition) is 1. The van der Waals surface area contributed by atoms with Crippen LogP contribution in [0.25, 0.3) is 65.7 Å². The Morgan fingerprint density at radius 2 is 1.12 bits per heavy atom. The fourth-order valence-electron chi connectivity index (χ4n) is 6.89. The summed E-state index contributed by atoms with van der Waals surface area (Å²) < 4.78 is 6.37. The molecular formula is C47H33N3O. The van der Waals surface area contributed by atoms with Gasteiger partial charge in [-0.15, -0.1) is 0 Å². The van der Waals surface area contributed by atoms with Crippen molar-refractivity contribution in [3.63, 3.8) is 0 Å². The molecule has 0 amide bonds. The lowest BCUT2D eigenvalue weighted by atomic mass is 9.98. The highest BCUT2D eigenvalue weighted by atomic mass is 16.3. The summed E-state index contributed by atoms with van der Waals surface area (Å²) in [5, 5.41) is 6.68. The Morgan fingerprint density at radius 1 is 0.490 bits per heavy atom. The molecule has 0 bridgehead atoms. The number of nitrogens with two attached hydrogens (primary N) is 1. The average molecular weight is 656 g/mol. The zero-order valence-electron chi connectivity index (χ0n) is 27.8. The highest BCUT2D eigenvalue weighted by Crippen LogP contribution is 2.35. The normalized spacial score (nSPS) is 12.3. The number of nitrogens with zero attached hydrogens (tertiary/aromatic N) is 2. The van der Waals surface area contributed by atoms with Crippen molar-refractivity contribution >= 4 is 55.2 Å². The van der Waals surface area contributed by atoms with Crippen LogP contribution in [0.1, 0.15) is 16.7 Å². The maximum Gasteiger partial charge on any atom is 0.157 e. The molecule has 0 saturated carbocycles. The van der Waals surface area contributed by atoms with Gasteiger partial charge in [0.15, 0.2) is 5.84 Å². The van der Waals surface area contributed by atoms with E-state index in [9.17, 15) is 0 Å². The van der Waals surface area contributed by atoms with Gasteiger partial charge < -0.3 is 10.2 Å². The molecule has 0 aliphatic carbocycles. The van der Waals surface area contributed by atoms with Gasteiger partial charge in [-0.3, -0.25) is 4.99 Å². The van der Waals surface area contributed by atoms with Gasteiger partial charge in [0.1, 0.15) is 17.0 Å². The predicted octanol–water partition coefficient (Wildman–Crippen LogP) is 11.6. The maximum atomic E-state index is 7.03. The number of para-hydroxylation sites is 1. The molecule has 0 radical (unpaired) electrons. The van der Waals surface area contributed by atoms with E-state index in [2.05, 4.69) is 133 Å². The Bertz CT molecular complexity index is 2780. The second-order valence-electron chi connectivity index (χ2n) is 12.8. The molecule has 8 aromatic carbocycles. The van der Waals surface area contributed by atoms with Crippen LogP contribution in [0, 0.1) is 0 Å². The number of hydrogen-bond acceptors (Lipinski definition) is 2. The van der Waals surface area contributed by atoms with Crippen molar-refractivity contribution in [3.05, 3.63) is 193 Å². The van der Waals surface area contributed by atoms with Crippen LogP contribution < -0.4 is 5.73 Å². The lowest BCUT2D eigenvalue weighted by molar-refractivity contribution is 0.669. The van der Waals surface area contributed by atoms with Crippen LogP contribution in [0.4, 0.5) is 0 Å². The van der Waals surface area contributed by atoms with Crippen LogP contribution in [-0.4, -0.2) is 11.7 Å². The third kappa shape index (κ3) is 5.94. The van der Waals surface area contributed by atoms with Crippen molar-refractivity contribution in [2.24, 2.45) is 15.7 Å². The summed E-state index contributed by atoms with van der Waals surface area (Å²) in [6, 6.07) is 60.8. The maximum absolute atomic E-state index is 7.03. The highest BCUT2D eigenvalue weighted by Gasteiger charge is 2.17.